The monoisotopic (exact) mass is 521 g/mol. The molecule has 0 unspecified atom stereocenters. The molecule has 0 aliphatic carbocycles. The third kappa shape index (κ3) is 7.13. The number of carbonyl (C=O) groups excluding carboxylic acids is 1. The maximum Gasteiger partial charge on any atom is 0.323 e. The molecule has 1 aliphatic heterocycles. The van der Waals surface area contributed by atoms with Gasteiger partial charge in [-0.05, 0) is 48.0 Å². The topological polar surface area (TPSA) is 101 Å². The van der Waals surface area contributed by atoms with Gasteiger partial charge in [0.1, 0.15) is 17.9 Å². The highest BCUT2D eigenvalue weighted by atomic mass is 35.5. The molecule has 2 amide bonds. The third-order valence-electron chi connectivity index (χ3n) is 5.85. The number of hydrogen-bond donors (Lipinski definition) is 3. The first-order chi connectivity index (χ1) is 18.1. The maximum absolute atomic E-state index is 12.3. The van der Waals surface area contributed by atoms with Gasteiger partial charge in [0.05, 0.1) is 13.2 Å². The number of morpholine rings is 1. The molecule has 0 saturated carbocycles. The van der Waals surface area contributed by atoms with Gasteiger partial charge in [0, 0.05) is 48.6 Å². The Bertz CT molecular complexity index is 1360. The molecule has 0 spiro atoms. The number of halogens is 1. The zero-order valence-electron chi connectivity index (χ0n) is 20.2. The van der Waals surface area contributed by atoms with Gasteiger partial charge >= 0.3 is 6.03 Å². The Morgan fingerprint density at radius 3 is 2.59 bits per heavy atom. The summed E-state index contributed by atoms with van der Waals surface area (Å²) in [7, 11) is 0. The fraction of sp³-hybridized carbons (Fsp3) is 0.259. The van der Waals surface area contributed by atoms with E-state index in [1.54, 1.807) is 24.3 Å². The molecule has 1 saturated heterocycles. The summed E-state index contributed by atoms with van der Waals surface area (Å²) in [6, 6.07) is 20.2. The molecule has 192 valence electrons. The van der Waals surface area contributed by atoms with Gasteiger partial charge in [-0.2, -0.15) is 4.98 Å². The lowest BCUT2D eigenvalue weighted by atomic mass is 10.2. The van der Waals surface area contributed by atoms with Gasteiger partial charge in [-0.3, -0.25) is 4.90 Å². The van der Waals surface area contributed by atoms with Gasteiger partial charge in [0.25, 0.3) is 6.01 Å². The fourth-order valence-corrected chi connectivity index (χ4v) is 4.17. The Hall–Kier alpha value is -3.79. The molecule has 0 bridgehead atoms. The molecule has 1 aliphatic rings. The van der Waals surface area contributed by atoms with E-state index in [4.69, 9.17) is 25.5 Å². The van der Waals surface area contributed by atoms with Gasteiger partial charge in [0.2, 0.25) is 0 Å². The Kier molecular flexibility index (Phi) is 8.05. The molecule has 5 rings (SSSR count). The minimum absolute atomic E-state index is 0.353. The van der Waals surface area contributed by atoms with E-state index >= 15 is 0 Å². The number of anilines is 3. The molecule has 0 atom stereocenters. The van der Waals surface area contributed by atoms with E-state index in [0.717, 1.165) is 49.7 Å². The van der Waals surface area contributed by atoms with Crippen molar-refractivity contribution in [2.45, 2.75) is 6.54 Å². The van der Waals surface area contributed by atoms with E-state index in [9.17, 15) is 4.79 Å². The van der Waals surface area contributed by atoms with Crippen LogP contribution in [0, 0.1) is 0 Å². The summed E-state index contributed by atoms with van der Waals surface area (Å²) in [6.45, 7) is 5.37. The molecule has 2 heterocycles. The standard InChI is InChI=1S/C27H28ClN5O4/c28-20-4-2-6-22(16-20)31-26(34)30-21-5-1-3-19(15-21)18-29-27-32-24-8-7-23(17-25(24)37-27)36-14-11-33-9-12-35-13-10-33/h1-8,15-17H,9-14,18H2,(H,29,32)(H2,30,31,34). The first kappa shape index (κ1) is 24.9. The first-order valence-corrected chi connectivity index (χ1v) is 12.5. The smallest absolute Gasteiger partial charge is 0.323 e. The van der Waals surface area contributed by atoms with E-state index in [1.165, 1.54) is 0 Å². The Labute approximate surface area is 219 Å². The number of hydrogen-bond acceptors (Lipinski definition) is 7. The number of fused-ring (bicyclic) bond motifs is 1. The van der Waals surface area contributed by atoms with Crippen LogP contribution in [-0.4, -0.2) is 55.4 Å². The summed E-state index contributed by atoms with van der Waals surface area (Å²) >= 11 is 5.97. The zero-order valence-corrected chi connectivity index (χ0v) is 21.0. The molecule has 37 heavy (non-hydrogen) atoms. The first-order valence-electron chi connectivity index (χ1n) is 12.1. The number of amides is 2. The summed E-state index contributed by atoms with van der Waals surface area (Å²) in [5, 5.41) is 9.35. The normalized spacial score (nSPS) is 13.9. The molecule has 1 aromatic heterocycles. The largest absolute Gasteiger partial charge is 0.492 e. The van der Waals surface area contributed by atoms with Crippen molar-refractivity contribution in [3.63, 3.8) is 0 Å². The van der Waals surface area contributed by atoms with Gasteiger partial charge in [-0.1, -0.05) is 29.8 Å². The molecule has 10 heteroatoms. The number of nitrogens with one attached hydrogen (secondary N) is 3. The third-order valence-corrected chi connectivity index (χ3v) is 6.09. The molecule has 3 N–H and O–H groups in total. The number of nitrogens with zero attached hydrogens (tertiary/aromatic N) is 2. The quantitative estimate of drug-likeness (QED) is 0.269. The lowest BCUT2D eigenvalue weighted by molar-refractivity contribution is 0.0322. The van der Waals surface area contributed by atoms with Crippen LogP contribution in [0.4, 0.5) is 22.2 Å². The number of urea groups is 1. The second-order valence-electron chi connectivity index (χ2n) is 8.59. The van der Waals surface area contributed by atoms with E-state index in [1.807, 2.05) is 42.5 Å². The van der Waals surface area contributed by atoms with Crippen molar-refractivity contribution in [2.24, 2.45) is 0 Å². The Morgan fingerprint density at radius 2 is 1.78 bits per heavy atom. The van der Waals surface area contributed by atoms with Crippen LogP contribution < -0.4 is 20.7 Å². The van der Waals surface area contributed by atoms with Gasteiger partial charge in [0.15, 0.2) is 5.58 Å². The number of rotatable bonds is 9. The summed E-state index contributed by atoms with van der Waals surface area (Å²) in [5.41, 5.74) is 3.63. The summed E-state index contributed by atoms with van der Waals surface area (Å²) in [6.07, 6.45) is 0. The average Bonchev–Trinajstić information content (AvgIpc) is 3.31. The molecule has 3 aromatic carbocycles. The Morgan fingerprint density at radius 1 is 1.00 bits per heavy atom. The lowest BCUT2D eigenvalue weighted by Gasteiger charge is -2.26. The summed E-state index contributed by atoms with van der Waals surface area (Å²) in [4.78, 5) is 19.2. The Balaban J connectivity index is 1.13. The number of aromatic nitrogens is 1. The molecular weight excluding hydrogens is 494 g/mol. The van der Waals surface area contributed by atoms with E-state index in [-0.39, 0.29) is 6.03 Å². The van der Waals surface area contributed by atoms with E-state index < -0.39 is 0 Å². The van der Waals surface area contributed by atoms with Crippen LogP contribution in [0.2, 0.25) is 5.02 Å². The molecular formula is C27H28ClN5O4. The van der Waals surface area contributed by atoms with Crippen LogP contribution in [0.3, 0.4) is 0 Å². The van der Waals surface area contributed by atoms with Gasteiger partial charge in [-0.25, -0.2) is 4.79 Å². The van der Waals surface area contributed by atoms with E-state index in [0.29, 0.717) is 41.1 Å². The van der Waals surface area contributed by atoms with Gasteiger partial charge in [-0.15, -0.1) is 0 Å². The predicted molar refractivity (Wildman–Crippen MR) is 145 cm³/mol. The lowest BCUT2D eigenvalue weighted by Crippen LogP contribution is -2.38. The molecule has 9 nitrogen and oxygen atoms in total. The zero-order chi connectivity index (χ0) is 25.5. The van der Waals surface area contributed by atoms with Crippen molar-refractivity contribution in [1.82, 2.24) is 9.88 Å². The minimum atomic E-state index is -0.353. The predicted octanol–water partition coefficient (Wildman–Crippen LogP) is 5.45. The van der Waals surface area contributed by atoms with Crippen molar-refractivity contribution < 1.29 is 18.7 Å². The van der Waals surface area contributed by atoms with Gasteiger partial charge < -0.3 is 29.8 Å². The highest BCUT2D eigenvalue weighted by Crippen LogP contribution is 2.24. The summed E-state index contributed by atoms with van der Waals surface area (Å²) in [5.74, 6) is 0.748. The van der Waals surface area contributed by atoms with Crippen molar-refractivity contribution in [2.75, 3.05) is 55.4 Å². The van der Waals surface area contributed by atoms with E-state index in [2.05, 4.69) is 25.8 Å². The second-order valence-corrected chi connectivity index (χ2v) is 9.03. The van der Waals surface area contributed by atoms with Crippen molar-refractivity contribution in [3.8, 4) is 5.75 Å². The molecule has 0 radical (unpaired) electrons. The maximum atomic E-state index is 12.3. The molecule has 4 aromatic rings. The van der Waals surface area contributed by atoms with Crippen LogP contribution >= 0.6 is 11.6 Å². The van der Waals surface area contributed by atoms with Crippen LogP contribution in [0.25, 0.3) is 11.1 Å². The van der Waals surface area contributed by atoms with Crippen molar-refractivity contribution in [1.29, 1.82) is 0 Å². The van der Waals surface area contributed by atoms with Crippen molar-refractivity contribution >= 4 is 46.1 Å². The number of ether oxygens (including phenoxy) is 2. The minimum Gasteiger partial charge on any atom is -0.492 e. The summed E-state index contributed by atoms with van der Waals surface area (Å²) < 4.78 is 17.2. The SMILES string of the molecule is O=C(Nc1cccc(Cl)c1)Nc1cccc(CNc2nc3ccc(OCCN4CCOCC4)cc3o2)c1. The van der Waals surface area contributed by atoms with Crippen LogP contribution in [0.15, 0.2) is 71.1 Å². The average molecular weight is 522 g/mol. The number of carbonyl (C=O) groups is 1. The fourth-order valence-electron chi connectivity index (χ4n) is 3.98. The van der Waals surface area contributed by atoms with Crippen molar-refractivity contribution in [3.05, 3.63) is 77.3 Å². The van der Waals surface area contributed by atoms with Crippen LogP contribution in [0.5, 0.6) is 5.75 Å². The van der Waals surface area contributed by atoms with Crippen LogP contribution in [-0.2, 0) is 11.3 Å². The highest BCUT2D eigenvalue weighted by molar-refractivity contribution is 6.30. The number of benzene rings is 3. The second kappa shape index (κ2) is 12.0. The number of oxazole rings is 1. The van der Waals surface area contributed by atoms with Crippen LogP contribution in [0.1, 0.15) is 5.56 Å². The highest BCUT2D eigenvalue weighted by Gasteiger charge is 2.11. The molecule has 1 fully saturated rings.